The fraction of sp³-hybridized carbons (Fsp3) is 0.647. The van der Waals surface area contributed by atoms with Gasteiger partial charge in [0, 0.05) is 23.6 Å². The molecule has 112 valence electrons. The number of hydrogen-bond acceptors (Lipinski definition) is 2. The van der Waals surface area contributed by atoms with Crippen molar-refractivity contribution in [2.24, 2.45) is 11.7 Å². The highest BCUT2D eigenvalue weighted by atomic mass is 79.9. The standard InChI is InChI=1S/C17H27BrN2/c1-13-8-9-15(10-16(13)18)17(11-19)20(2)12-14-6-4-3-5-7-14/h8-10,14,17H,3-7,11-12,19H2,1-2H3. The molecule has 0 aliphatic heterocycles. The Morgan fingerprint density at radius 2 is 2.00 bits per heavy atom. The van der Waals surface area contributed by atoms with Gasteiger partial charge in [0.2, 0.25) is 0 Å². The highest BCUT2D eigenvalue weighted by molar-refractivity contribution is 9.10. The molecule has 1 atom stereocenters. The highest BCUT2D eigenvalue weighted by Gasteiger charge is 2.21. The Kier molecular flexibility index (Phi) is 6.06. The monoisotopic (exact) mass is 338 g/mol. The van der Waals surface area contributed by atoms with Gasteiger partial charge in [-0.2, -0.15) is 0 Å². The van der Waals surface area contributed by atoms with Crippen LogP contribution in [0, 0.1) is 12.8 Å². The van der Waals surface area contributed by atoms with Gasteiger partial charge in [0.25, 0.3) is 0 Å². The van der Waals surface area contributed by atoms with Crippen LogP contribution in [0.5, 0.6) is 0 Å². The van der Waals surface area contributed by atoms with E-state index in [1.165, 1.54) is 54.2 Å². The second kappa shape index (κ2) is 7.58. The Morgan fingerprint density at radius 3 is 2.60 bits per heavy atom. The lowest BCUT2D eigenvalue weighted by molar-refractivity contribution is 0.185. The molecule has 1 aliphatic rings. The Labute approximate surface area is 131 Å². The second-order valence-corrected chi connectivity index (χ2v) is 7.06. The van der Waals surface area contributed by atoms with Crippen molar-refractivity contribution in [2.75, 3.05) is 20.1 Å². The lowest BCUT2D eigenvalue weighted by Crippen LogP contribution is -2.34. The van der Waals surface area contributed by atoms with Crippen LogP contribution in [0.2, 0.25) is 0 Å². The molecule has 2 rings (SSSR count). The van der Waals surface area contributed by atoms with E-state index in [1.807, 2.05) is 0 Å². The first-order valence-corrected chi connectivity index (χ1v) is 8.57. The van der Waals surface area contributed by atoms with Gasteiger partial charge in [0.15, 0.2) is 0 Å². The molecule has 20 heavy (non-hydrogen) atoms. The summed E-state index contributed by atoms with van der Waals surface area (Å²) in [5, 5.41) is 0. The highest BCUT2D eigenvalue weighted by Crippen LogP contribution is 2.28. The number of benzene rings is 1. The van der Waals surface area contributed by atoms with Crippen molar-refractivity contribution in [1.82, 2.24) is 4.90 Å². The van der Waals surface area contributed by atoms with Gasteiger partial charge in [-0.25, -0.2) is 0 Å². The van der Waals surface area contributed by atoms with E-state index >= 15 is 0 Å². The first-order valence-electron chi connectivity index (χ1n) is 7.78. The van der Waals surface area contributed by atoms with Gasteiger partial charge in [-0.3, -0.25) is 4.90 Å². The summed E-state index contributed by atoms with van der Waals surface area (Å²) < 4.78 is 1.18. The molecule has 1 aromatic carbocycles. The minimum atomic E-state index is 0.328. The van der Waals surface area contributed by atoms with Gasteiger partial charge >= 0.3 is 0 Å². The second-order valence-electron chi connectivity index (χ2n) is 6.20. The number of rotatable bonds is 5. The van der Waals surface area contributed by atoms with Gasteiger partial charge in [0.05, 0.1) is 0 Å². The van der Waals surface area contributed by atoms with E-state index in [1.54, 1.807) is 0 Å². The minimum absolute atomic E-state index is 0.328. The predicted molar refractivity (Wildman–Crippen MR) is 89.9 cm³/mol. The molecule has 3 heteroatoms. The fourth-order valence-electron chi connectivity index (χ4n) is 3.29. The number of nitrogens with zero attached hydrogens (tertiary/aromatic N) is 1. The predicted octanol–water partition coefficient (Wildman–Crippen LogP) is 4.27. The lowest BCUT2D eigenvalue weighted by Gasteiger charge is -2.32. The zero-order valence-electron chi connectivity index (χ0n) is 12.7. The largest absolute Gasteiger partial charge is 0.329 e. The summed E-state index contributed by atoms with van der Waals surface area (Å²) in [5.41, 5.74) is 8.64. The van der Waals surface area contributed by atoms with Crippen LogP contribution in [-0.4, -0.2) is 25.0 Å². The van der Waals surface area contributed by atoms with Crippen molar-refractivity contribution in [2.45, 2.75) is 45.1 Å². The number of likely N-dealkylation sites (N-methyl/N-ethyl adjacent to an activating group) is 1. The molecule has 1 aliphatic carbocycles. The number of hydrogen-bond donors (Lipinski definition) is 1. The lowest BCUT2D eigenvalue weighted by atomic mass is 9.88. The van der Waals surface area contributed by atoms with E-state index in [-0.39, 0.29) is 0 Å². The molecule has 0 heterocycles. The van der Waals surface area contributed by atoms with Crippen molar-refractivity contribution >= 4 is 15.9 Å². The van der Waals surface area contributed by atoms with Crippen LogP contribution in [0.25, 0.3) is 0 Å². The van der Waals surface area contributed by atoms with Gasteiger partial charge in [0.1, 0.15) is 0 Å². The number of aryl methyl sites for hydroxylation is 1. The number of nitrogens with two attached hydrogens (primary N) is 1. The van der Waals surface area contributed by atoms with Crippen molar-refractivity contribution in [3.8, 4) is 0 Å². The third kappa shape index (κ3) is 4.06. The Hall–Kier alpha value is -0.380. The third-order valence-corrected chi connectivity index (χ3v) is 5.46. The topological polar surface area (TPSA) is 29.3 Å². The molecule has 0 amide bonds. The van der Waals surface area contributed by atoms with Crippen LogP contribution in [0.3, 0.4) is 0 Å². The summed E-state index contributed by atoms with van der Waals surface area (Å²) in [6.07, 6.45) is 7.01. The molecule has 0 radical (unpaired) electrons. The summed E-state index contributed by atoms with van der Waals surface area (Å²) in [4.78, 5) is 2.45. The van der Waals surface area contributed by atoms with Gasteiger partial charge in [-0.05, 0) is 49.9 Å². The summed E-state index contributed by atoms with van der Waals surface area (Å²) >= 11 is 3.63. The summed E-state index contributed by atoms with van der Waals surface area (Å²) in [7, 11) is 2.22. The SMILES string of the molecule is Cc1ccc(C(CN)N(C)CC2CCCCC2)cc1Br. The molecule has 0 saturated heterocycles. The Bertz CT molecular complexity index is 427. The van der Waals surface area contributed by atoms with Crippen molar-refractivity contribution < 1.29 is 0 Å². The van der Waals surface area contributed by atoms with E-state index in [0.717, 1.165) is 5.92 Å². The van der Waals surface area contributed by atoms with Gasteiger partial charge < -0.3 is 5.73 Å². The molecule has 2 nitrogen and oxygen atoms in total. The molecule has 1 saturated carbocycles. The van der Waals surface area contributed by atoms with E-state index in [9.17, 15) is 0 Å². The maximum absolute atomic E-state index is 6.04. The molecule has 0 spiro atoms. The molecular weight excluding hydrogens is 312 g/mol. The smallest absolute Gasteiger partial charge is 0.0467 e. The Morgan fingerprint density at radius 1 is 1.30 bits per heavy atom. The molecule has 2 N–H and O–H groups in total. The maximum Gasteiger partial charge on any atom is 0.0467 e. The van der Waals surface area contributed by atoms with Crippen molar-refractivity contribution in [3.05, 3.63) is 33.8 Å². The van der Waals surface area contributed by atoms with Crippen LogP contribution >= 0.6 is 15.9 Å². The van der Waals surface area contributed by atoms with Crippen LogP contribution in [0.1, 0.15) is 49.3 Å². The van der Waals surface area contributed by atoms with Crippen LogP contribution in [0.15, 0.2) is 22.7 Å². The van der Waals surface area contributed by atoms with E-state index in [4.69, 9.17) is 5.73 Å². The average molecular weight is 339 g/mol. The van der Waals surface area contributed by atoms with Gasteiger partial charge in [-0.1, -0.05) is 47.3 Å². The minimum Gasteiger partial charge on any atom is -0.329 e. The molecule has 0 bridgehead atoms. The van der Waals surface area contributed by atoms with Crippen LogP contribution in [0.4, 0.5) is 0 Å². The maximum atomic E-state index is 6.04. The van der Waals surface area contributed by atoms with E-state index < -0.39 is 0 Å². The zero-order chi connectivity index (χ0) is 14.5. The molecule has 1 fully saturated rings. The fourth-order valence-corrected chi connectivity index (χ4v) is 3.69. The quantitative estimate of drug-likeness (QED) is 0.868. The normalized spacial score (nSPS) is 18.4. The van der Waals surface area contributed by atoms with Crippen molar-refractivity contribution in [3.63, 3.8) is 0 Å². The average Bonchev–Trinajstić information content (AvgIpc) is 2.44. The molecule has 0 aromatic heterocycles. The summed E-state index contributed by atoms with van der Waals surface area (Å²) in [6, 6.07) is 6.95. The van der Waals surface area contributed by atoms with E-state index in [0.29, 0.717) is 12.6 Å². The number of halogens is 1. The van der Waals surface area contributed by atoms with E-state index in [2.05, 4.69) is 53.0 Å². The molecule has 1 aromatic rings. The first-order chi connectivity index (χ1) is 9.61. The Balaban J connectivity index is 2.03. The third-order valence-electron chi connectivity index (χ3n) is 4.61. The summed E-state index contributed by atoms with van der Waals surface area (Å²) in [5.74, 6) is 0.858. The van der Waals surface area contributed by atoms with Crippen LogP contribution in [-0.2, 0) is 0 Å². The first kappa shape index (κ1) is 16.0. The molecular formula is C17H27BrN2. The molecule has 1 unspecified atom stereocenters. The summed E-state index contributed by atoms with van der Waals surface area (Å²) in [6.45, 7) is 3.98. The van der Waals surface area contributed by atoms with Crippen LogP contribution < -0.4 is 5.73 Å². The zero-order valence-corrected chi connectivity index (χ0v) is 14.3. The van der Waals surface area contributed by atoms with Gasteiger partial charge in [-0.15, -0.1) is 0 Å². The van der Waals surface area contributed by atoms with Crippen molar-refractivity contribution in [1.29, 1.82) is 0 Å².